The Bertz CT molecular complexity index is 702. The highest BCUT2D eigenvalue weighted by atomic mass is 16.5. The maximum Gasteiger partial charge on any atom is 0.225 e. The number of benzene rings is 1. The van der Waals surface area contributed by atoms with Crippen molar-refractivity contribution in [2.75, 3.05) is 18.5 Å². The third kappa shape index (κ3) is 4.23. The van der Waals surface area contributed by atoms with Gasteiger partial charge < -0.3 is 10.1 Å². The van der Waals surface area contributed by atoms with E-state index in [2.05, 4.69) is 42.5 Å². The van der Waals surface area contributed by atoms with E-state index in [1.807, 2.05) is 10.7 Å². The van der Waals surface area contributed by atoms with E-state index in [1.165, 1.54) is 16.7 Å². The van der Waals surface area contributed by atoms with Crippen molar-refractivity contribution in [1.82, 2.24) is 9.78 Å². The van der Waals surface area contributed by atoms with Gasteiger partial charge in [-0.15, -0.1) is 0 Å². The highest BCUT2D eigenvalue weighted by Crippen LogP contribution is 2.18. The maximum absolute atomic E-state index is 12.3. The summed E-state index contributed by atoms with van der Waals surface area (Å²) in [5.74, 6) is 1.28. The van der Waals surface area contributed by atoms with Crippen molar-refractivity contribution in [2.45, 2.75) is 39.7 Å². The third-order valence-corrected chi connectivity index (χ3v) is 4.56. The summed E-state index contributed by atoms with van der Waals surface area (Å²) in [7, 11) is 0. The van der Waals surface area contributed by atoms with E-state index in [-0.39, 0.29) is 5.91 Å². The second-order valence-corrected chi connectivity index (χ2v) is 6.61. The first-order valence-electron chi connectivity index (χ1n) is 8.57. The summed E-state index contributed by atoms with van der Waals surface area (Å²) in [6, 6.07) is 8.22. The van der Waals surface area contributed by atoms with E-state index in [0.29, 0.717) is 12.3 Å². The second kappa shape index (κ2) is 7.62. The van der Waals surface area contributed by atoms with Gasteiger partial charge in [0, 0.05) is 31.6 Å². The molecule has 1 atom stereocenters. The minimum atomic E-state index is 0.0272. The molecule has 1 aliphatic rings. The molecular formula is C19H25N3O2. The highest BCUT2D eigenvalue weighted by molar-refractivity contribution is 5.89. The first-order valence-corrected chi connectivity index (χ1v) is 8.57. The summed E-state index contributed by atoms with van der Waals surface area (Å²) in [5.41, 5.74) is 3.72. The molecule has 0 radical (unpaired) electrons. The number of carbonyl (C=O) groups is 1. The van der Waals surface area contributed by atoms with Gasteiger partial charge in [0.15, 0.2) is 0 Å². The number of ether oxygens (including phenoxy) is 1. The number of amides is 1. The fourth-order valence-electron chi connectivity index (χ4n) is 3.14. The SMILES string of the molecule is Cc1ccc(CCC(=O)Nc2ccnn2CC2CCOC2)c(C)c1. The Morgan fingerprint density at radius 1 is 1.38 bits per heavy atom. The Morgan fingerprint density at radius 2 is 2.25 bits per heavy atom. The monoisotopic (exact) mass is 327 g/mol. The summed E-state index contributed by atoms with van der Waals surface area (Å²) in [5, 5.41) is 7.31. The maximum atomic E-state index is 12.3. The van der Waals surface area contributed by atoms with Crippen LogP contribution in [-0.4, -0.2) is 28.9 Å². The van der Waals surface area contributed by atoms with E-state index in [4.69, 9.17) is 4.74 Å². The molecule has 0 bridgehead atoms. The van der Waals surface area contributed by atoms with Crippen molar-refractivity contribution in [3.63, 3.8) is 0 Å². The van der Waals surface area contributed by atoms with Crippen molar-refractivity contribution in [3.8, 4) is 0 Å². The van der Waals surface area contributed by atoms with Crippen molar-refractivity contribution >= 4 is 11.7 Å². The molecule has 5 heteroatoms. The van der Waals surface area contributed by atoms with Crippen LogP contribution in [-0.2, 0) is 22.5 Å². The van der Waals surface area contributed by atoms with Crippen molar-refractivity contribution in [3.05, 3.63) is 47.2 Å². The molecule has 0 spiro atoms. The Balaban J connectivity index is 1.54. The topological polar surface area (TPSA) is 56.2 Å². The van der Waals surface area contributed by atoms with Crippen molar-refractivity contribution in [1.29, 1.82) is 0 Å². The van der Waals surface area contributed by atoms with E-state index in [9.17, 15) is 4.79 Å². The van der Waals surface area contributed by atoms with Gasteiger partial charge in [-0.3, -0.25) is 4.79 Å². The lowest BCUT2D eigenvalue weighted by Crippen LogP contribution is -2.19. The van der Waals surface area contributed by atoms with E-state index in [1.54, 1.807) is 6.20 Å². The van der Waals surface area contributed by atoms with Crippen LogP contribution in [0.3, 0.4) is 0 Å². The quantitative estimate of drug-likeness (QED) is 0.887. The number of carbonyl (C=O) groups excluding carboxylic acids is 1. The normalized spacial score (nSPS) is 17.2. The van der Waals surface area contributed by atoms with Crippen molar-refractivity contribution < 1.29 is 9.53 Å². The average Bonchev–Trinajstić information content (AvgIpc) is 3.20. The predicted molar refractivity (Wildman–Crippen MR) is 94.0 cm³/mol. The summed E-state index contributed by atoms with van der Waals surface area (Å²) in [6.45, 7) is 6.57. The largest absolute Gasteiger partial charge is 0.381 e. The molecule has 5 nitrogen and oxygen atoms in total. The lowest BCUT2D eigenvalue weighted by atomic mass is 10.0. The van der Waals surface area contributed by atoms with E-state index >= 15 is 0 Å². The standard InChI is InChI=1S/C19H25N3O2/c1-14-3-4-17(15(2)11-14)5-6-19(23)21-18-7-9-20-22(18)12-16-8-10-24-13-16/h3-4,7,9,11,16H,5-6,8,10,12-13H2,1-2H3,(H,21,23). The number of rotatable bonds is 6. The van der Waals surface area contributed by atoms with Gasteiger partial charge >= 0.3 is 0 Å². The smallest absolute Gasteiger partial charge is 0.225 e. The Labute approximate surface area is 143 Å². The molecule has 1 N–H and O–H groups in total. The number of hydrogen-bond donors (Lipinski definition) is 1. The fraction of sp³-hybridized carbons (Fsp3) is 0.474. The molecule has 1 unspecified atom stereocenters. The molecule has 24 heavy (non-hydrogen) atoms. The van der Waals surface area contributed by atoms with Gasteiger partial charge in [-0.2, -0.15) is 5.10 Å². The molecular weight excluding hydrogens is 302 g/mol. The van der Waals surface area contributed by atoms with Crippen LogP contribution in [0.2, 0.25) is 0 Å². The molecule has 1 amide bonds. The first-order chi connectivity index (χ1) is 11.6. The molecule has 1 aliphatic heterocycles. The number of aryl methyl sites for hydroxylation is 3. The van der Waals surface area contributed by atoms with Crippen LogP contribution in [0.15, 0.2) is 30.5 Å². The molecule has 3 rings (SSSR count). The van der Waals surface area contributed by atoms with Crippen LogP contribution in [0.1, 0.15) is 29.5 Å². The number of nitrogens with zero attached hydrogens (tertiary/aromatic N) is 2. The Morgan fingerprint density at radius 3 is 3.00 bits per heavy atom. The number of hydrogen-bond acceptors (Lipinski definition) is 3. The number of nitrogens with one attached hydrogen (secondary N) is 1. The minimum Gasteiger partial charge on any atom is -0.381 e. The van der Waals surface area contributed by atoms with Gasteiger partial charge in [0.25, 0.3) is 0 Å². The third-order valence-electron chi connectivity index (χ3n) is 4.56. The van der Waals surface area contributed by atoms with Crippen LogP contribution < -0.4 is 5.32 Å². The summed E-state index contributed by atoms with van der Waals surface area (Å²) in [6.07, 6.45) is 4.01. The van der Waals surface area contributed by atoms with Gasteiger partial charge in [-0.05, 0) is 37.8 Å². The zero-order valence-electron chi connectivity index (χ0n) is 14.4. The summed E-state index contributed by atoms with van der Waals surface area (Å²) in [4.78, 5) is 12.3. The molecule has 128 valence electrons. The number of aromatic nitrogens is 2. The van der Waals surface area contributed by atoms with Gasteiger partial charge in [-0.25, -0.2) is 4.68 Å². The van der Waals surface area contributed by atoms with Gasteiger partial charge in [0.05, 0.1) is 12.8 Å². The van der Waals surface area contributed by atoms with E-state index in [0.717, 1.165) is 38.4 Å². The second-order valence-electron chi connectivity index (χ2n) is 6.61. The predicted octanol–water partition coefficient (Wildman–Crippen LogP) is 3.11. The summed E-state index contributed by atoms with van der Waals surface area (Å²) >= 11 is 0. The van der Waals surface area contributed by atoms with Crippen LogP contribution in [0.4, 0.5) is 5.82 Å². The molecule has 1 saturated heterocycles. The molecule has 1 fully saturated rings. The molecule has 1 aromatic heterocycles. The average molecular weight is 327 g/mol. The zero-order valence-corrected chi connectivity index (χ0v) is 14.4. The Hall–Kier alpha value is -2.14. The van der Waals surface area contributed by atoms with Gasteiger partial charge in [0.1, 0.15) is 5.82 Å². The minimum absolute atomic E-state index is 0.0272. The zero-order chi connectivity index (χ0) is 16.9. The fourth-order valence-corrected chi connectivity index (χ4v) is 3.14. The molecule has 0 aliphatic carbocycles. The molecule has 1 aromatic carbocycles. The summed E-state index contributed by atoms with van der Waals surface area (Å²) < 4.78 is 7.27. The van der Waals surface area contributed by atoms with Gasteiger partial charge in [-0.1, -0.05) is 23.8 Å². The van der Waals surface area contributed by atoms with Crippen LogP contribution in [0.25, 0.3) is 0 Å². The van der Waals surface area contributed by atoms with E-state index < -0.39 is 0 Å². The van der Waals surface area contributed by atoms with Crippen molar-refractivity contribution in [2.24, 2.45) is 5.92 Å². The van der Waals surface area contributed by atoms with Crippen LogP contribution >= 0.6 is 0 Å². The lowest BCUT2D eigenvalue weighted by molar-refractivity contribution is -0.116. The molecule has 2 heterocycles. The van der Waals surface area contributed by atoms with Gasteiger partial charge in [0.2, 0.25) is 5.91 Å². The Kier molecular flexibility index (Phi) is 5.30. The number of anilines is 1. The van der Waals surface area contributed by atoms with Crippen LogP contribution in [0, 0.1) is 19.8 Å². The molecule has 2 aromatic rings. The molecule has 0 saturated carbocycles. The lowest BCUT2D eigenvalue weighted by Gasteiger charge is -2.12. The van der Waals surface area contributed by atoms with Crippen LogP contribution in [0.5, 0.6) is 0 Å². The first kappa shape index (κ1) is 16.7. The highest BCUT2D eigenvalue weighted by Gasteiger charge is 2.18.